The predicted octanol–water partition coefficient (Wildman–Crippen LogP) is 0.905. The molecule has 7 heteroatoms. The van der Waals surface area contributed by atoms with Gasteiger partial charge in [-0.2, -0.15) is 0 Å². The van der Waals surface area contributed by atoms with E-state index < -0.39 is 5.97 Å². The Hall–Kier alpha value is -1.96. The van der Waals surface area contributed by atoms with Gasteiger partial charge in [-0.3, -0.25) is 19.4 Å². The van der Waals surface area contributed by atoms with Gasteiger partial charge in [0, 0.05) is 25.3 Å². The van der Waals surface area contributed by atoms with E-state index in [2.05, 4.69) is 12.2 Å². The first kappa shape index (κ1) is 19.4. The molecule has 0 bridgehead atoms. The van der Waals surface area contributed by atoms with Crippen molar-refractivity contribution in [2.75, 3.05) is 51.7 Å². The maximum atomic E-state index is 12.2. The van der Waals surface area contributed by atoms with Crippen molar-refractivity contribution in [3.63, 3.8) is 0 Å². The SMILES string of the molecule is CCc1ccc(NC(=O)CN2CCOC(CN(C)CC(=O)O)C2)cc1. The molecule has 0 aromatic heterocycles. The van der Waals surface area contributed by atoms with E-state index >= 15 is 0 Å². The van der Waals surface area contributed by atoms with Crippen LogP contribution in [0.2, 0.25) is 0 Å². The van der Waals surface area contributed by atoms with Crippen LogP contribution in [0.25, 0.3) is 0 Å². The number of amides is 1. The van der Waals surface area contributed by atoms with Gasteiger partial charge in [-0.15, -0.1) is 0 Å². The van der Waals surface area contributed by atoms with E-state index in [4.69, 9.17) is 9.84 Å². The molecule has 0 radical (unpaired) electrons. The van der Waals surface area contributed by atoms with E-state index in [1.54, 1.807) is 11.9 Å². The van der Waals surface area contributed by atoms with Crippen LogP contribution in [0.1, 0.15) is 12.5 Å². The molecule has 0 aliphatic carbocycles. The monoisotopic (exact) mass is 349 g/mol. The number of aryl methyl sites for hydroxylation is 1. The Bertz CT molecular complexity index is 576. The summed E-state index contributed by atoms with van der Waals surface area (Å²) >= 11 is 0. The summed E-state index contributed by atoms with van der Waals surface area (Å²) in [6, 6.07) is 7.86. The zero-order chi connectivity index (χ0) is 18.2. The molecule has 0 spiro atoms. The smallest absolute Gasteiger partial charge is 0.317 e. The van der Waals surface area contributed by atoms with Crippen molar-refractivity contribution in [2.24, 2.45) is 0 Å². The summed E-state index contributed by atoms with van der Waals surface area (Å²) in [5.74, 6) is -0.910. The third-order valence-electron chi connectivity index (χ3n) is 4.16. The summed E-state index contributed by atoms with van der Waals surface area (Å²) in [5, 5.41) is 11.7. The minimum absolute atomic E-state index is 0.0197. The Kier molecular flexibility index (Phi) is 7.36. The van der Waals surface area contributed by atoms with Gasteiger partial charge in [0.25, 0.3) is 0 Å². The maximum absolute atomic E-state index is 12.2. The molecule has 1 amide bonds. The van der Waals surface area contributed by atoms with Crippen molar-refractivity contribution in [1.82, 2.24) is 9.80 Å². The second-order valence-corrected chi connectivity index (χ2v) is 6.42. The van der Waals surface area contributed by atoms with E-state index in [0.717, 1.165) is 12.1 Å². The van der Waals surface area contributed by atoms with Crippen molar-refractivity contribution in [3.05, 3.63) is 29.8 Å². The minimum Gasteiger partial charge on any atom is -0.480 e. The van der Waals surface area contributed by atoms with Crippen molar-refractivity contribution in [2.45, 2.75) is 19.4 Å². The standard InChI is InChI=1S/C18H27N3O4/c1-3-14-4-6-15(7-5-14)19-17(22)12-21-8-9-25-16(11-21)10-20(2)13-18(23)24/h4-7,16H,3,8-13H2,1-2H3,(H,19,22)(H,23,24). The van der Waals surface area contributed by atoms with Crippen molar-refractivity contribution >= 4 is 17.6 Å². The summed E-state index contributed by atoms with van der Waals surface area (Å²) < 4.78 is 5.68. The van der Waals surface area contributed by atoms with Gasteiger partial charge in [0.2, 0.25) is 5.91 Å². The normalized spacial score (nSPS) is 18.3. The number of ether oxygens (including phenoxy) is 1. The highest BCUT2D eigenvalue weighted by molar-refractivity contribution is 5.92. The average molecular weight is 349 g/mol. The number of likely N-dealkylation sites (N-methyl/N-ethyl adjacent to an activating group) is 1. The molecule has 1 saturated heterocycles. The van der Waals surface area contributed by atoms with Gasteiger partial charge in [-0.1, -0.05) is 19.1 Å². The number of carbonyl (C=O) groups excluding carboxylic acids is 1. The Balaban J connectivity index is 1.78. The van der Waals surface area contributed by atoms with Crippen molar-refractivity contribution < 1.29 is 19.4 Å². The number of rotatable bonds is 8. The third-order valence-corrected chi connectivity index (χ3v) is 4.16. The highest BCUT2D eigenvalue weighted by atomic mass is 16.5. The van der Waals surface area contributed by atoms with Gasteiger partial charge in [-0.25, -0.2) is 0 Å². The second kappa shape index (κ2) is 9.50. The lowest BCUT2D eigenvalue weighted by Gasteiger charge is -2.34. The molecule has 7 nitrogen and oxygen atoms in total. The van der Waals surface area contributed by atoms with Crippen LogP contribution in [0.15, 0.2) is 24.3 Å². The minimum atomic E-state index is -0.858. The largest absolute Gasteiger partial charge is 0.480 e. The number of nitrogens with one attached hydrogen (secondary N) is 1. The molecule has 1 aromatic carbocycles. The average Bonchev–Trinajstić information content (AvgIpc) is 2.55. The molecule has 25 heavy (non-hydrogen) atoms. The van der Waals surface area contributed by atoms with Crippen molar-refractivity contribution in [1.29, 1.82) is 0 Å². The van der Waals surface area contributed by atoms with Gasteiger partial charge in [0.1, 0.15) is 0 Å². The predicted molar refractivity (Wildman–Crippen MR) is 95.8 cm³/mol. The van der Waals surface area contributed by atoms with E-state index in [1.807, 2.05) is 29.2 Å². The van der Waals surface area contributed by atoms with E-state index in [9.17, 15) is 9.59 Å². The number of carboxylic acids is 1. The number of hydrogen-bond donors (Lipinski definition) is 2. The first-order chi connectivity index (χ1) is 12.0. The van der Waals surface area contributed by atoms with Crippen molar-refractivity contribution in [3.8, 4) is 0 Å². The van der Waals surface area contributed by atoms with Crippen LogP contribution >= 0.6 is 0 Å². The molecule has 1 fully saturated rings. The summed E-state index contributed by atoms with van der Waals surface area (Å²) in [7, 11) is 1.75. The van der Waals surface area contributed by atoms with Crippen LogP contribution in [0.3, 0.4) is 0 Å². The maximum Gasteiger partial charge on any atom is 0.317 e. The Morgan fingerprint density at radius 1 is 1.36 bits per heavy atom. The lowest BCUT2D eigenvalue weighted by atomic mass is 10.1. The molecule has 1 aromatic rings. The first-order valence-corrected chi connectivity index (χ1v) is 8.59. The number of aliphatic carboxylic acids is 1. The van der Waals surface area contributed by atoms with Crippen LogP contribution in [0.5, 0.6) is 0 Å². The van der Waals surface area contributed by atoms with Gasteiger partial charge in [0.15, 0.2) is 0 Å². The molecule has 2 rings (SSSR count). The number of carbonyl (C=O) groups is 2. The molecule has 0 saturated carbocycles. The molecule has 2 N–H and O–H groups in total. The van der Waals surface area contributed by atoms with Gasteiger partial charge >= 0.3 is 5.97 Å². The molecule has 1 heterocycles. The van der Waals surface area contributed by atoms with Crippen LogP contribution in [-0.4, -0.2) is 79.3 Å². The quantitative estimate of drug-likeness (QED) is 0.726. The number of hydrogen-bond acceptors (Lipinski definition) is 5. The summed E-state index contributed by atoms with van der Waals surface area (Å²) in [4.78, 5) is 26.7. The van der Waals surface area contributed by atoms with Gasteiger partial charge in [-0.05, 0) is 31.2 Å². The van der Waals surface area contributed by atoms with Crippen LogP contribution in [0, 0.1) is 0 Å². The number of morpholine rings is 1. The third kappa shape index (κ3) is 6.81. The van der Waals surface area contributed by atoms with Gasteiger partial charge < -0.3 is 15.2 Å². The lowest BCUT2D eigenvalue weighted by Crippen LogP contribution is -2.49. The van der Waals surface area contributed by atoms with Crippen LogP contribution in [-0.2, 0) is 20.7 Å². The fourth-order valence-corrected chi connectivity index (χ4v) is 2.90. The second-order valence-electron chi connectivity index (χ2n) is 6.42. The van der Waals surface area contributed by atoms with Gasteiger partial charge in [0.05, 0.1) is 25.8 Å². The fraction of sp³-hybridized carbons (Fsp3) is 0.556. The zero-order valence-corrected chi connectivity index (χ0v) is 14.9. The topological polar surface area (TPSA) is 82.1 Å². The molecule has 1 unspecified atom stereocenters. The molecular weight excluding hydrogens is 322 g/mol. The molecule has 1 atom stereocenters. The summed E-state index contributed by atoms with van der Waals surface area (Å²) in [5.41, 5.74) is 2.03. The zero-order valence-electron chi connectivity index (χ0n) is 14.9. The number of nitrogens with zero attached hydrogens (tertiary/aromatic N) is 2. The Morgan fingerprint density at radius 3 is 2.72 bits per heavy atom. The lowest BCUT2D eigenvalue weighted by molar-refractivity contribution is -0.138. The summed E-state index contributed by atoms with van der Waals surface area (Å²) in [6.45, 7) is 4.77. The number of anilines is 1. The number of benzene rings is 1. The molecule has 1 aliphatic heterocycles. The highest BCUT2D eigenvalue weighted by Crippen LogP contribution is 2.11. The first-order valence-electron chi connectivity index (χ1n) is 8.59. The van der Waals surface area contributed by atoms with Crippen LogP contribution in [0.4, 0.5) is 5.69 Å². The fourth-order valence-electron chi connectivity index (χ4n) is 2.90. The number of carboxylic acid groups (broad SMARTS) is 1. The molecule has 1 aliphatic rings. The van der Waals surface area contributed by atoms with E-state index in [-0.39, 0.29) is 18.6 Å². The van der Waals surface area contributed by atoms with E-state index in [0.29, 0.717) is 32.8 Å². The Morgan fingerprint density at radius 2 is 2.08 bits per heavy atom. The molecule has 138 valence electrons. The summed E-state index contributed by atoms with van der Waals surface area (Å²) in [6.07, 6.45) is 0.884. The van der Waals surface area contributed by atoms with Crippen LogP contribution < -0.4 is 5.32 Å². The highest BCUT2D eigenvalue weighted by Gasteiger charge is 2.23. The van der Waals surface area contributed by atoms with E-state index in [1.165, 1.54) is 5.56 Å². The Labute approximate surface area is 148 Å². The molecular formula is C18H27N3O4.